The normalized spacial score (nSPS) is 20.1. The van der Waals surface area contributed by atoms with Crippen molar-refractivity contribution in [2.24, 2.45) is 5.92 Å². The number of nitrogens with one attached hydrogen (secondary N) is 1. The van der Waals surface area contributed by atoms with Gasteiger partial charge in [0.05, 0.1) is 16.5 Å². The minimum Gasteiger partial charge on any atom is -0.337 e. The summed E-state index contributed by atoms with van der Waals surface area (Å²) in [5, 5.41) is 6.94. The Bertz CT molecular complexity index is 611. The van der Waals surface area contributed by atoms with E-state index in [0.29, 0.717) is 23.8 Å². The number of aromatic amines is 1. The molecule has 20 heavy (non-hydrogen) atoms. The predicted molar refractivity (Wildman–Crippen MR) is 76.7 cm³/mol. The van der Waals surface area contributed by atoms with Crippen LogP contribution >= 0.6 is 11.6 Å². The zero-order chi connectivity index (χ0) is 14.9. The van der Waals surface area contributed by atoms with Crippen LogP contribution in [0.5, 0.6) is 0 Å². The number of amides is 1. The third-order valence-corrected chi connectivity index (χ3v) is 4.96. The predicted octanol–water partition coefficient (Wildman–Crippen LogP) is 1.27. The average molecular weight is 320 g/mol. The molecule has 1 amide bonds. The van der Waals surface area contributed by atoms with E-state index in [-0.39, 0.29) is 23.3 Å². The van der Waals surface area contributed by atoms with Crippen LogP contribution in [0.3, 0.4) is 0 Å². The fraction of sp³-hybridized carbons (Fsp3) is 0.667. The van der Waals surface area contributed by atoms with Crippen LogP contribution in [-0.4, -0.2) is 54.5 Å². The van der Waals surface area contributed by atoms with Gasteiger partial charge in [-0.15, -0.1) is 0 Å². The van der Waals surface area contributed by atoms with Crippen LogP contribution in [0, 0.1) is 12.8 Å². The summed E-state index contributed by atoms with van der Waals surface area (Å²) in [5.74, 6) is -0.136. The molecule has 1 atom stereocenters. The van der Waals surface area contributed by atoms with Gasteiger partial charge in [-0.25, -0.2) is 8.42 Å². The Balaban J connectivity index is 2.09. The van der Waals surface area contributed by atoms with Crippen molar-refractivity contribution in [2.75, 3.05) is 25.1 Å². The van der Waals surface area contributed by atoms with Gasteiger partial charge in [0, 0.05) is 19.3 Å². The lowest BCUT2D eigenvalue weighted by molar-refractivity contribution is 0.0678. The molecular weight excluding hydrogens is 302 g/mol. The molecule has 1 aliphatic heterocycles. The molecule has 1 unspecified atom stereocenters. The number of likely N-dealkylation sites (tertiary alicyclic amines) is 1. The Morgan fingerprint density at radius 3 is 2.80 bits per heavy atom. The number of carbonyl (C=O) groups excluding carboxylic acids is 1. The topological polar surface area (TPSA) is 83.1 Å². The number of rotatable bonds is 3. The van der Waals surface area contributed by atoms with Crippen molar-refractivity contribution >= 4 is 27.3 Å². The highest BCUT2D eigenvalue weighted by molar-refractivity contribution is 7.90. The smallest absolute Gasteiger partial charge is 0.275 e. The number of nitrogens with zero attached hydrogens (tertiary/aromatic N) is 2. The molecule has 0 radical (unpaired) electrons. The molecule has 1 aliphatic rings. The van der Waals surface area contributed by atoms with E-state index in [1.54, 1.807) is 11.8 Å². The van der Waals surface area contributed by atoms with Gasteiger partial charge in [-0.1, -0.05) is 11.6 Å². The SMILES string of the molecule is Cc1[nH]nc(C(=O)N2CCCC(CS(C)(=O)=O)C2)c1Cl. The maximum atomic E-state index is 12.4. The zero-order valence-corrected chi connectivity index (χ0v) is 13.1. The molecule has 1 aromatic rings. The van der Waals surface area contributed by atoms with Gasteiger partial charge in [0.15, 0.2) is 5.69 Å². The second-order valence-electron chi connectivity index (χ2n) is 5.36. The monoisotopic (exact) mass is 319 g/mol. The Morgan fingerprint density at radius 2 is 2.25 bits per heavy atom. The number of sulfone groups is 1. The molecule has 0 saturated carbocycles. The van der Waals surface area contributed by atoms with Crippen LogP contribution in [0.25, 0.3) is 0 Å². The molecule has 1 N–H and O–H groups in total. The van der Waals surface area contributed by atoms with E-state index < -0.39 is 9.84 Å². The maximum absolute atomic E-state index is 12.4. The van der Waals surface area contributed by atoms with Crippen molar-refractivity contribution in [3.63, 3.8) is 0 Å². The highest BCUT2D eigenvalue weighted by Gasteiger charge is 2.29. The van der Waals surface area contributed by atoms with Crippen molar-refractivity contribution < 1.29 is 13.2 Å². The first-order chi connectivity index (χ1) is 9.28. The molecule has 1 aromatic heterocycles. The Hall–Kier alpha value is -1.08. The lowest BCUT2D eigenvalue weighted by Crippen LogP contribution is -2.42. The maximum Gasteiger partial charge on any atom is 0.275 e. The summed E-state index contributed by atoms with van der Waals surface area (Å²) in [5.41, 5.74) is 0.865. The van der Waals surface area contributed by atoms with Crippen LogP contribution in [0.2, 0.25) is 5.02 Å². The van der Waals surface area contributed by atoms with Crippen LogP contribution in [-0.2, 0) is 9.84 Å². The molecule has 8 heteroatoms. The first-order valence-electron chi connectivity index (χ1n) is 6.45. The molecule has 6 nitrogen and oxygen atoms in total. The fourth-order valence-electron chi connectivity index (χ4n) is 2.52. The summed E-state index contributed by atoms with van der Waals surface area (Å²) >= 11 is 6.03. The summed E-state index contributed by atoms with van der Waals surface area (Å²) in [4.78, 5) is 14.0. The lowest BCUT2D eigenvalue weighted by Gasteiger charge is -2.32. The summed E-state index contributed by atoms with van der Waals surface area (Å²) in [6.07, 6.45) is 2.85. The number of halogens is 1. The van der Waals surface area contributed by atoms with E-state index >= 15 is 0 Å². The van der Waals surface area contributed by atoms with Gasteiger partial charge in [0.25, 0.3) is 5.91 Å². The van der Waals surface area contributed by atoms with E-state index in [1.165, 1.54) is 6.26 Å². The minimum atomic E-state index is -3.03. The van der Waals surface area contributed by atoms with Crippen LogP contribution in [0.4, 0.5) is 0 Å². The molecule has 0 aromatic carbocycles. The van der Waals surface area contributed by atoms with Crippen molar-refractivity contribution in [3.05, 3.63) is 16.4 Å². The number of H-pyrrole nitrogens is 1. The zero-order valence-electron chi connectivity index (χ0n) is 11.5. The van der Waals surface area contributed by atoms with Crippen molar-refractivity contribution in [3.8, 4) is 0 Å². The number of hydrogen-bond donors (Lipinski definition) is 1. The number of hydrogen-bond acceptors (Lipinski definition) is 4. The van der Waals surface area contributed by atoms with Crippen LogP contribution in [0.15, 0.2) is 0 Å². The number of piperidine rings is 1. The highest BCUT2D eigenvalue weighted by Crippen LogP contribution is 2.23. The van der Waals surface area contributed by atoms with E-state index in [9.17, 15) is 13.2 Å². The quantitative estimate of drug-likeness (QED) is 0.909. The largest absolute Gasteiger partial charge is 0.337 e. The lowest BCUT2D eigenvalue weighted by atomic mass is 10.00. The molecule has 2 rings (SSSR count). The van der Waals surface area contributed by atoms with Gasteiger partial charge in [-0.3, -0.25) is 9.89 Å². The van der Waals surface area contributed by atoms with Crippen molar-refractivity contribution in [2.45, 2.75) is 19.8 Å². The number of carbonyl (C=O) groups is 1. The molecule has 1 saturated heterocycles. The number of aryl methyl sites for hydroxylation is 1. The standard InChI is InChI=1S/C12H18ClN3O3S/c1-8-10(13)11(15-14-8)12(17)16-5-3-4-9(6-16)7-20(2,18)19/h9H,3-7H2,1-2H3,(H,14,15). The Labute approximate surface area is 123 Å². The number of aromatic nitrogens is 2. The fourth-order valence-corrected chi connectivity index (χ4v) is 3.81. The molecule has 0 spiro atoms. The van der Waals surface area contributed by atoms with E-state index in [2.05, 4.69) is 10.2 Å². The van der Waals surface area contributed by atoms with Crippen LogP contribution in [0.1, 0.15) is 29.0 Å². The van der Waals surface area contributed by atoms with E-state index in [0.717, 1.165) is 12.8 Å². The first-order valence-corrected chi connectivity index (χ1v) is 8.89. The molecule has 2 heterocycles. The van der Waals surface area contributed by atoms with Gasteiger partial charge >= 0.3 is 0 Å². The van der Waals surface area contributed by atoms with Gasteiger partial charge < -0.3 is 4.90 Å². The third kappa shape index (κ3) is 3.52. The average Bonchev–Trinajstić information content (AvgIpc) is 2.67. The van der Waals surface area contributed by atoms with Gasteiger partial charge in [-0.2, -0.15) is 5.10 Å². The van der Waals surface area contributed by atoms with Crippen molar-refractivity contribution in [1.82, 2.24) is 15.1 Å². The molecule has 0 aliphatic carbocycles. The molecule has 112 valence electrons. The summed E-state index contributed by atoms with van der Waals surface area (Å²) in [6.45, 7) is 2.80. The van der Waals surface area contributed by atoms with Crippen LogP contribution < -0.4 is 0 Å². The third-order valence-electron chi connectivity index (χ3n) is 3.42. The minimum absolute atomic E-state index is 0.0125. The summed E-state index contributed by atoms with van der Waals surface area (Å²) < 4.78 is 22.7. The first kappa shape index (κ1) is 15.3. The van der Waals surface area contributed by atoms with Gasteiger partial charge in [0.1, 0.15) is 9.84 Å². The van der Waals surface area contributed by atoms with E-state index in [1.807, 2.05) is 0 Å². The molecule has 0 bridgehead atoms. The Morgan fingerprint density at radius 1 is 1.55 bits per heavy atom. The Kier molecular flexibility index (Phi) is 4.39. The highest BCUT2D eigenvalue weighted by atomic mass is 35.5. The second kappa shape index (κ2) is 5.73. The van der Waals surface area contributed by atoms with Gasteiger partial charge in [0.2, 0.25) is 0 Å². The van der Waals surface area contributed by atoms with Crippen molar-refractivity contribution in [1.29, 1.82) is 0 Å². The summed E-state index contributed by atoms with van der Waals surface area (Å²) in [6, 6.07) is 0. The summed E-state index contributed by atoms with van der Waals surface area (Å²) in [7, 11) is -3.03. The van der Waals surface area contributed by atoms with Gasteiger partial charge in [-0.05, 0) is 25.7 Å². The molecule has 1 fully saturated rings. The second-order valence-corrected chi connectivity index (χ2v) is 7.93. The molecular formula is C12H18ClN3O3S. The van der Waals surface area contributed by atoms with E-state index in [4.69, 9.17) is 11.6 Å².